The zero-order valence-corrected chi connectivity index (χ0v) is 19.4. The number of rotatable bonds is 4. The Kier molecular flexibility index (Phi) is 5.82. The van der Waals surface area contributed by atoms with Crippen molar-refractivity contribution in [3.63, 3.8) is 0 Å². The second kappa shape index (κ2) is 9.10. The van der Waals surface area contributed by atoms with E-state index in [0.29, 0.717) is 41.1 Å². The molecule has 5 rings (SSSR count). The number of fused-ring (bicyclic) bond motifs is 3. The minimum Gasteiger partial charge on any atom is -0.496 e. The van der Waals surface area contributed by atoms with Crippen LogP contribution in [0.15, 0.2) is 79.0 Å². The number of benzene rings is 3. The number of halogens is 1. The fourth-order valence-corrected chi connectivity index (χ4v) is 4.48. The number of carbonyl (C=O) groups excluding carboxylic acids is 2. The maximum atomic E-state index is 13.7. The van der Waals surface area contributed by atoms with Gasteiger partial charge in [0.2, 0.25) is 0 Å². The summed E-state index contributed by atoms with van der Waals surface area (Å²) in [6.07, 6.45) is 2.71. The van der Waals surface area contributed by atoms with Gasteiger partial charge in [-0.25, -0.2) is 4.39 Å². The van der Waals surface area contributed by atoms with Gasteiger partial charge in [0.05, 0.1) is 24.0 Å². The molecule has 0 saturated carbocycles. The van der Waals surface area contributed by atoms with E-state index in [1.807, 2.05) is 36.5 Å². The molecule has 1 aliphatic rings. The standard InChI is InChI=1S/C28H24FN3O3/c1-18-16-19(29)9-11-22(18)27(33)30-20-10-12-23(26(17-20)35-2)28(34)32-15-13-21-6-5-14-31(21)24-7-3-4-8-25(24)32/h3-12,14,16-17H,13,15H2,1-2H3,(H,30,33). The summed E-state index contributed by atoms with van der Waals surface area (Å²) in [6.45, 7) is 2.20. The molecule has 35 heavy (non-hydrogen) atoms. The first-order chi connectivity index (χ1) is 17.0. The number of hydrogen-bond acceptors (Lipinski definition) is 3. The van der Waals surface area contributed by atoms with Crippen LogP contribution in [-0.2, 0) is 6.42 Å². The number of anilines is 2. The van der Waals surface area contributed by atoms with Crippen molar-refractivity contribution in [2.75, 3.05) is 23.9 Å². The molecule has 0 bridgehead atoms. The Morgan fingerprint density at radius 2 is 1.71 bits per heavy atom. The van der Waals surface area contributed by atoms with Crippen LogP contribution in [0.4, 0.5) is 15.8 Å². The van der Waals surface area contributed by atoms with Gasteiger partial charge in [0.25, 0.3) is 11.8 Å². The quantitative estimate of drug-likeness (QED) is 0.436. The van der Waals surface area contributed by atoms with Crippen LogP contribution in [0.1, 0.15) is 32.0 Å². The molecule has 0 aliphatic carbocycles. The highest BCUT2D eigenvalue weighted by atomic mass is 19.1. The lowest BCUT2D eigenvalue weighted by Crippen LogP contribution is -2.32. The van der Waals surface area contributed by atoms with Crippen molar-refractivity contribution >= 4 is 23.2 Å². The number of ether oxygens (including phenoxy) is 1. The number of methoxy groups -OCH3 is 1. The number of carbonyl (C=O) groups is 2. The molecule has 0 saturated heterocycles. The molecule has 2 amide bonds. The van der Waals surface area contributed by atoms with E-state index in [2.05, 4.69) is 16.0 Å². The molecule has 7 heteroatoms. The summed E-state index contributed by atoms with van der Waals surface area (Å²) < 4.78 is 21.0. The second-order valence-electron chi connectivity index (χ2n) is 8.39. The molecule has 1 aromatic heterocycles. The van der Waals surface area contributed by atoms with E-state index < -0.39 is 5.82 Å². The molecule has 0 spiro atoms. The van der Waals surface area contributed by atoms with Crippen LogP contribution in [0, 0.1) is 12.7 Å². The van der Waals surface area contributed by atoms with Gasteiger partial charge in [-0.15, -0.1) is 0 Å². The summed E-state index contributed by atoms with van der Waals surface area (Å²) in [4.78, 5) is 28.2. The predicted octanol–water partition coefficient (Wildman–Crippen LogP) is 5.39. The number of amides is 2. The van der Waals surface area contributed by atoms with Crippen molar-refractivity contribution < 1.29 is 18.7 Å². The molecule has 1 N–H and O–H groups in total. The largest absolute Gasteiger partial charge is 0.496 e. The molecule has 4 aromatic rings. The zero-order valence-electron chi connectivity index (χ0n) is 19.4. The van der Waals surface area contributed by atoms with Gasteiger partial charge in [0.15, 0.2) is 0 Å². The Morgan fingerprint density at radius 3 is 2.49 bits per heavy atom. The maximum Gasteiger partial charge on any atom is 0.262 e. The summed E-state index contributed by atoms with van der Waals surface area (Å²) >= 11 is 0. The predicted molar refractivity (Wildman–Crippen MR) is 133 cm³/mol. The first-order valence-electron chi connectivity index (χ1n) is 11.3. The molecular formula is C28H24FN3O3. The molecule has 0 radical (unpaired) electrons. The lowest BCUT2D eigenvalue weighted by molar-refractivity contribution is 0.0983. The van der Waals surface area contributed by atoms with E-state index in [-0.39, 0.29) is 11.8 Å². The first-order valence-corrected chi connectivity index (χ1v) is 11.3. The van der Waals surface area contributed by atoms with Crippen LogP contribution in [0.5, 0.6) is 5.75 Å². The molecule has 0 unspecified atom stereocenters. The van der Waals surface area contributed by atoms with E-state index in [9.17, 15) is 14.0 Å². The zero-order chi connectivity index (χ0) is 24.5. The van der Waals surface area contributed by atoms with E-state index in [1.54, 1.807) is 30.0 Å². The maximum absolute atomic E-state index is 13.7. The normalized spacial score (nSPS) is 12.4. The SMILES string of the molecule is COc1cc(NC(=O)c2ccc(F)cc2C)ccc1C(=O)N1CCc2cccn2-c2ccccc21. The third-order valence-electron chi connectivity index (χ3n) is 6.22. The number of aromatic nitrogens is 1. The van der Waals surface area contributed by atoms with Crippen molar-refractivity contribution in [1.29, 1.82) is 0 Å². The molecule has 6 nitrogen and oxygen atoms in total. The van der Waals surface area contributed by atoms with E-state index in [1.165, 1.54) is 25.3 Å². The average molecular weight is 470 g/mol. The van der Waals surface area contributed by atoms with E-state index in [0.717, 1.165) is 17.1 Å². The van der Waals surface area contributed by atoms with Crippen molar-refractivity contribution in [2.24, 2.45) is 0 Å². The van der Waals surface area contributed by atoms with E-state index >= 15 is 0 Å². The Labute approximate surface area is 202 Å². The Hall–Kier alpha value is -4.39. The first kappa shape index (κ1) is 22.4. The highest BCUT2D eigenvalue weighted by Gasteiger charge is 2.26. The van der Waals surface area contributed by atoms with Gasteiger partial charge in [0.1, 0.15) is 11.6 Å². The Balaban J connectivity index is 1.44. The highest BCUT2D eigenvalue weighted by Crippen LogP contribution is 2.33. The summed E-state index contributed by atoms with van der Waals surface area (Å²) in [5, 5.41) is 2.80. The molecule has 1 aliphatic heterocycles. The van der Waals surface area contributed by atoms with Crippen molar-refractivity contribution in [3.05, 3.63) is 107 Å². The molecule has 2 heterocycles. The van der Waals surface area contributed by atoms with Crippen molar-refractivity contribution in [1.82, 2.24) is 4.57 Å². The third-order valence-corrected chi connectivity index (χ3v) is 6.22. The summed E-state index contributed by atoms with van der Waals surface area (Å²) in [5.74, 6) is -0.601. The van der Waals surface area contributed by atoms with Gasteiger partial charge in [0, 0.05) is 42.2 Å². The van der Waals surface area contributed by atoms with Gasteiger partial charge in [-0.2, -0.15) is 0 Å². The lowest BCUT2D eigenvalue weighted by Gasteiger charge is -2.24. The topological polar surface area (TPSA) is 63.6 Å². The number of nitrogens with zero attached hydrogens (tertiary/aromatic N) is 2. The van der Waals surface area contributed by atoms with Crippen LogP contribution < -0.4 is 15.0 Å². The number of hydrogen-bond donors (Lipinski definition) is 1. The molecule has 3 aromatic carbocycles. The molecule has 176 valence electrons. The van der Waals surface area contributed by atoms with Crippen LogP contribution in [0.3, 0.4) is 0 Å². The van der Waals surface area contributed by atoms with Gasteiger partial charge >= 0.3 is 0 Å². The number of nitrogens with one attached hydrogen (secondary N) is 1. The summed E-state index contributed by atoms with van der Waals surface area (Å²) in [5.41, 5.74) is 4.66. The average Bonchev–Trinajstić information content (AvgIpc) is 3.26. The Morgan fingerprint density at radius 1 is 0.943 bits per heavy atom. The van der Waals surface area contributed by atoms with Gasteiger partial charge in [-0.05, 0) is 67.1 Å². The van der Waals surface area contributed by atoms with Gasteiger partial charge in [-0.1, -0.05) is 12.1 Å². The van der Waals surface area contributed by atoms with Crippen molar-refractivity contribution in [2.45, 2.75) is 13.3 Å². The van der Waals surface area contributed by atoms with Gasteiger partial charge < -0.3 is 19.5 Å². The van der Waals surface area contributed by atoms with Crippen LogP contribution in [-0.4, -0.2) is 30.0 Å². The van der Waals surface area contributed by atoms with Crippen LogP contribution in [0.2, 0.25) is 0 Å². The second-order valence-corrected chi connectivity index (χ2v) is 8.39. The molecular weight excluding hydrogens is 445 g/mol. The van der Waals surface area contributed by atoms with Crippen molar-refractivity contribution in [3.8, 4) is 11.4 Å². The Bertz CT molecular complexity index is 1440. The third kappa shape index (κ3) is 4.17. The summed E-state index contributed by atoms with van der Waals surface area (Å²) in [6, 6.07) is 20.8. The monoisotopic (exact) mass is 469 g/mol. The molecule has 0 fully saturated rings. The minimum absolute atomic E-state index is 0.188. The minimum atomic E-state index is -0.397. The van der Waals surface area contributed by atoms with E-state index in [4.69, 9.17) is 4.74 Å². The summed E-state index contributed by atoms with van der Waals surface area (Å²) in [7, 11) is 1.49. The van der Waals surface area contributed by atoms with Crippen LogP contribution in [0.25, 0.3) is 5.69 Å². The number of para-hydroxylation sites is 2. The van der Waals surface area contributed by atoms with Gasteiger partial charge in [-0.3, -0.25) is 9.59 Å². The molecule has 0 atom stereocenters. The smallest absolute Gasteiger partial charge is 0.262 e. The number of aryl methyl sites for hydroxylation is 1. The van der Waals surface area contributed by atoms with Crippen LogP contribution >= 0.6 is 0 Å². The lowest BCUT2D eigenvalue weighted by atomic mass is 10.1. The fourth-order valence-electron chi connectivity index (χ4n) is 4.48. The fraction of sp³-hybridized carbons (Fsp3) is 0.143. The highest BCUT2D eigenvalue weighted by molar-refractivity contribution is 6.10.